The number of halogens is 1. The monoisotopic (exact) mass is 537 g/mol. The van der Waals surface area contributed by atoms with E-state index >= 15 is 0 Å². The van der Waals surface area contributed by atoms with Crippen LogP contribution in [0.15, 0.2) is 72.8 Å². The molecule has 1 aliphatic heterocycles. The number of ether oxygens (including phenoxy) is 2. The van der Waals surface area contributed by atoms with Crippen molar-refractivity contribution < 1.29 is 23.9 Å². The molecule has 8 nitrogen and oxygen atoms in total. The Morgan fingerprint density at radius 2 is 1.62 bits per heavy atom. The van der Waals surface area contributed by atoms with Crippen molar-refractivity contribution in [2.24, 2.45) is 0 Å². The maximum Gasteiger partial charge on any atom is 0.337 e. The van der Waals surface area contributed by atoms with Crippen LogP contribution in [0.2, 0.25) is 5.02 Å². The fraction of sp³-hybridized carbons (Fsp3) is 0.185. The largest absolute Gasteiger partial charge is 0.497 e. The molecule has 1 atom stereocenters. The first kappa shape index (κ1) is 26.1. The lowest BCUT2D eigenvalue weighted by atomic mass is 10.1. The minimum atomic E-state index is -0.820. The quantitative estimate of drug-likeness (QED) is 0.330. The molecule has 0 bridgehead atoms. The van der Waals surface area contributed by atoms with Crippen molar-refractivity contribution in [3.63, 3.8) is 0 Å². The number of hydrogen-bond donors (Lipinski definition) is 1. The molecule has 3 aromatic rings. The summed E-state index contributed by atoms with van der Waals surface area (Å²) < 4.78 is 9.92. The van der Waals surface area contributed by atoms with Gasteiger partial charge in [-0.05, 0) is 78.4 Å². The molecule has 1 N–H and O–H groups in total. The molecule has 0 aliphatic carbocycles. The van der Waals surface area contributed by atoms with E-state index in [2.05, 4.69) is 5.32 Å². The highest BCUT2D eigenvalue weighted by Crippen LogP contribution is 2.30. The fourth-order valence-electron chi connectivity index (χ4n) is 3.96. The maximum absolute atomic E-state index is 13.6. The zero-order valence-electron chi connectivity index (χ0n) is 20.1. The minimum Gasteiger partial charge on any atom is -0.497 e. The van der Waals surface area contributed by atoms with E-state index < -0.39 is 12.0 Å². The van der Waals surface area contributed by atoms with E-state index in [-0.39, 0.29) is 18.2 Å². The molecule has 3 aromatic carbocycles. The van der Waals surface area contributed by atoms with Crippen molar-refractivity contribution in [2.75, 3.05) is 24.4 Å². The van der Waals surface area contributed by atoms with Crippen LogP contribution in [-0.2, 0) is 20.9 Å². The Morgan fingerprint density at radius 3 is 2.22 bits per heavy atom. The minimum absolute atomic E-state index is 0.127. The Hall–Kier alpha value is -3.95. The van der Waals surface area contributed by atoms with Gasteiger partial charge in [-0.2, -0.15) is 0 Å². The van der Waals surface area contributed by atoms with Crippen LogP contribution in [0.1, 0.15) is 22.3 Å². The highest BCUT2D eigenvalue weighted by molar-refractivity contribution is 7.80. The number of hydrogen-bond acceptors (Lipinski definition) is 6. The molecule has 1 aliphatic rings. The van der Waals surface area contributed by atoms with Gasteiger partial charge in [0.15, 0.2) is 5.11 Å². The van der Waals surface area contributed by atoms with Gasteiger partial charge in [0.2, 0.25) is 5.91 Å². The number of amides is 2. The average Bonchev–Trinajstić information content (AvgIpc) is 3.13. The first-order valence-corrected chi connectivity index (χ1v) is 12.1. The molecule has 2 amide bonds. The van der Waals surface area contributed by atoms with E-state index in [0.717, 1.165) is 5.56 Å². The molecule has 10 heteroatoms. The number of nitrogens with zero attached hydrogens (tertiary/aromatic N) is 2. The van der Waals surface area contributed by atoms with Crippen LogP contribution in [0.25, 0.3) is 0 Å². The van der Waals surface area contributed by atoms with Crippen LogP contribution in [0.3, 0.4) is 0 Å². The second-order valence-electron chi connectivity index (χ2n) is 8.25. The Bertz CT molecular complexity index is 1310. The predicted octanol–water partition coefficient (Wildman–Crippen LogP) is 4.67. The van der Waals surface area contributed by atoms with E-state index in [1.165, 1.54) is 12.0 Å². The van der Waals surface area contributed by atoms with Gasteiger partial charge < -0.3 is 19.7 Å². The van der Waals surface area contributed by atoms with Gasteiger partial charge >= 0.3 is 5.97 Å². The summed E-state index contributed by atoms with van der Waals surface area (Å²) in [7, 11) is 2.89. The lowest BCUT2D eigenvalue weighted by Gasteiger charge is -2.24. The fourth-order valence-corrected chi connectivity index (χ4v) is 4.48. The zero-order chi connectivity index (χ0) is 26.5. The molecule has 37 heavy (non-hydrogen) atoms. The molecule has 190 valence electrons. The van der Waals surface area contributed by atoms with Crippen molar-refractivity contribution in [2.45, 2.75) is 19.0 Å². The number of thiocarbonyl (C=S) groups is 1. The van der Waals surface area contributed by atoms with E-state index in [4.69, 9.17) is 33.3 Å². The molecule has 4 rings (SSSR count). The molecule has 1 saturated heterocycles. The van der Waals surface area contributed by atoms with Gasteiger partial charge in [0, 0.05) is 17.3 Å². The second kappa shape index (κ2) is 11.4. The smallest absolute Gasteiger partial charge is 0.337 e. The summed E-state index contributed by atoms with van der Waals surface area (Å²) in [5.74, 6) is -0.443. The third kappa shape index (κ3) is 5.90. The van der Waals surface area contributed by atoms with Crippen molar-refractivity contribution in [3.8, 4) is 5.75 Å². The average molecular weight is 538 g/mol. The first-order valence-electron chi connectivity index (χ1n) is 11.3. The number of methoxy groups -OCH3 is 2. The lowest BCUT2D eigenvalue weighted by Crippen LogP contribution is -2.37. The van der Waals surface area contributed by atoms with Gasteiger partial charge in [0.05, 0.1) is 31.9 Å². The van der Waals surface area contributed by atoms with E-state index in [0.29, 0.717) is 39.4 Å². The first-order chi connectivity index (χ1) is 17.8. The molecular weight excluding hydrogens is 514 g/mol. The van der Waals surface area contributed by atoms with Crippen LogP contribution >= 0.6 is 23.8 Å². The van der Waals surface area contributed by atoms with Crippen LogP contribution in [-0.4, -0.2) is 48.1 Å². The van der Waals surface area contributed by atoms with Gasteiger partial charge in [0.25, 0.3) is 5.91 Å². The zero-order valence-corrected chi connectivity index (χ0v) is 21.7. The van der Waals surface area contributed by atoms with E-state index in [1.54, 1.807) is 60.5 Å². The van der Waals surface area contributed by atoms with Crippen LogP contribution in [0.4, 0.5) is 11.4 Å². The van der Waals surface area contributed by atoms with Gasteiger partial charge in [0.1, 0.15) is 11.8 Å². The number of carbonyl (C=O) groups is 3. The number of rotatable bonds is 8. The maximum atomic E-state index is 13.6. The second-order valence-corrected chi connectivity index (χ2v) is 9.05. The summed E-state index contributed by atoms with van der Waals surface area (Å²) in [5.41, 5.74) is 2.32. The van der Waals surface area contributed by atoms with Crippen LogP contribution in [0.5, 0.6) is 5.75 Å². The van der Waals surface area contributed by atoms with Gasteiger partial charge in [-0.25, -0.2) is 4.79 Å². The number of anilines is 2. The third-order valence-electron chi connectivity index (χ3n) is 5.88. The van der Waals surface area contributed by atoms with E-state index in [9.17, 15) is 14.4 Å². The summed E-state index contributed by atoms with van der Waals surface area (Å²) in [6.45, 7) is 0.324. The SMILES string of the molecule is COC(=O)c1ccc(NC(=O)CC2C(=O)N(c3ccc(Cl)cc3)C(=S)N2Cc2ccc(OC)cc2)cc1. The van der Waals surface area contributed by atoms with Gasteiger partial charge in [-0.1, -0.05) is 23.7 Å². The number of nitrogens with one attached hydrogen (secondary N) is 1. The lowest BCUT2D eigenvalue weighted by molar-refractivity contribution is -0.124. The Labute approximate surface area is 224 Å². The van der Waals surface area contributed by atoms with Crippen LogP contribution < -0.4 is 15.0 Å². The van der Waals surface area contributed by atoms with Crippen molar-refractivity contribution in [1.82, 2.24) is 4.90 Å². The molecule has 1 unspecified atom stereocenters. The molecule has 1 fully saturated rings. The van der Waals surface area contributed by atoms with Gasteiger partial charge in [-0.3, -0.25) is 14.5 Å². The standard InChI is InChI=1S/C27H24ClN3O5S/c1-35-22-13-3-17(4-14-22)16-30-23(25(33)31(27(30)37)21-11-7-19(28)8-12-21)15-24(32)29-20-9-5-18(6-10-20)26(34)36-2/h3-14,23H,15-16H2,1-2H3,(H,29,32). The normalized spacial score (nSPS) is 15.1. The number of benzene rings is 3. The van der Waals surface area contributed by atoms with Gasteiger partial charge in [-0.15, -0.1) is 0 Å². The molecule has 0 saturated carbocycles. The summed E-state index contributed by atoms with van der Waals surface area (Å²) in [6.07, 6.45) is -0.127. The molecule has 0 aromatic heterocycles. The highest BCUT2D eigenvalue weighted by atomic mass is 35.5. The Balaban J connectivity index is 1.56. The number of carbonyl (C=O) groups excluding carboxylic acids is 3. The number of esters is 1. The summed E-state index contributed by atoms with van der Waals surface area (Å²) >= 11 is 11.7. The van der Waals surface area contributed by atoms with Crippen molar-refractivity contribution in [1.29, 1.82) is 0 Å². The Morgan fingerprint density at radius 1 is 0.973 bits per heavy atom. The van der Waals surface area contributed by atoms with Crippen molar-refractivity contribution in [3.05, 3.63) is 88.9 Å². The summed E-state index contributed by atoms with van der Waals surface area (Å²) in [6, 6.07) is 19.7. The molecule has 1 heterocycles. The third-order valence-corrected chi connectivity index (χ3v) is 6.55. The summed E-state index contributed by atoms with van der Waals surface area (Å²) in [5, 5.41) is 3.61. The van der Waals surface area contributed by atoms with E-state index in [1.807, 2.05) is 24.3 Å². The van der Waals surface area contributed by atoms with Crippen molar-refractivity contribution >= 4 is 58.1 Å². The highest BCUT2D eigenvalue weighted by Gasteiger charge is 2.44. The van der Waals surface area contributed by atoms with Crippen LogP contribution in [0, 0.1) is 0 Å². The topological polar surface area (TPSA) is 88.2 Å². The Kier molecular flexibility index (Phi) is 8.05. The summed E-state index contributed by atoms with van der Waals surface area (Å²) in [4.78, 5) is 41.4. The molecular formula is C27H24ClN3O5S. The molecule has 0 spiro atoms. The predicted molar refractivity (Wildman–Crippen MR) is 145 cm³/mol. The molecule has 0 radical (unpaired) electrons.